The van der Waals surface area contributed by atoms with Crippen molar-refractivity contribution >= 4 is 27.7 Å². The number of benzene rings is 1. The van der Waals surface area contributed by atoms with Crippen LogP contribution in [0.25, 0.3) is 0 Å². The Bertz CT molecular complexity index is 836. The highest BCUT2D eigenvalue weighted by molar-refractivity contribution is 7.90. The molecule has 0 aromatic heterocycles. The summed E-state index contributed by atoms with van der Waals surface area (Å²) in [6.07, 6.45) is -4.83. The smallest absolute Gasteiger partial charge is 0.405 e. The molecule has 1 heterocycles. The Morgan fingerprint density at radius 3 is 2.62 bits per heavy atom. The predicted molar refractivity (Wildman–Crippen MR) is 82.8 cm³/mol. The number of nitrogens with one attached hydrogen (secondary N) is 2. The van der Waals surface area contributed by atoms with Gasteiger partial charge in [0.1, 0.15) is 12.4 Å². The number of halogens is 3. The van der Waals surface area contributed by atoms with Gasteiger partial charge in [-0.15, -0.1) is 0 Å². The van der Waals surface area contributed by atoms with Crippen molar-refractivity contribution in [3.05, 3.63) is 29.8 Å². The number of sulfonamides is 1. The third-order valence-electron chi connectivity index (χ3n) is 3.10. The van der Waals surface area contributed by atoms with E-state index in [9.17, 15) is 31.2 Å². The van der Waals surface area contributed by atoms with E-state index in [4.69, 9.17) is 0 Å². The first-order chi connectivity index (χ1) is 12.1. The zero-order valence-electron chi connectivity index (χ0n) is 13.2. The van der Waals surface area contributed by atoms with Gasteiger partial charge < -0.3 is 10.1 Å². The summed E-state index contributed by atoms with van der Waals surface area (Å²) in [4.78, 5) is 26.6. The van der Waals surface area contributed by atoms with E-state index in [2.05, 4.69) is 14.5 Å². The second-order valence-electron chi connectivity index (χ2n) is 5.13. The molecule has 0 spiro atoms. The average Bonchev–Trinajstić information content (AvgIpc) is 2.82. The molecule has 1 aliphatic rings. The van der Waals surface area contributed by atoms with Gasteiger partial charge in [-0.3, -0.25) is 19.3 Å². The second-order valence-corrected chi connectivity index (χ2v) is 6.79. The number of esters is 1. The Hall–Kier alpha value is -2.63. The van der Waals surface area contributed by atoms with Crippen LogP contribution in [0.15, 0.2) is 34.2 Å². The van der Waals surface area contributed by atoms with E-state index in [1.807, 2.05) is 0 Å². The molecule has 0 radical (unpaired) electrons. The van der Waals surface area contributed by atoms with Crippen LogP contribution in [0, 0.1) is 0 Å². The number of amidine groups is 1. The molecule has 26 heavy (non-hydrogen) atoms. The predicted octanol–water partition coefficient (Wildman–Crippen LogP) is 0.337. The molecule has 2 rings (SSSR count). The Morgan fingerprint density at radius 1 is 1.23 bits per heavy atom. The van der Waals surface area contributed by atoms with Crippen molar-refractivity contribution in [1.82, 2.24) is 10.0 Å². The fourth-order valence-electron chi connectivity index (χ4n) is 1.98. The second kappa shape index (κ2) is 7.72. The molecule has 0 unspecified atom stereocenters. The monoisotopic (exact) mass is 393 g/mol. The summed E-state index contributed by atoms with van der Waals surface area (Å²) in [5.74, 6) is -1.86. The van der Waals surface area contributed by atoms with E-state index in [0.717, 1.165) is 0 Å². The molecular formula is C14H14F3N3O5S. The van der Waals surface area contributed by atoms with Crippen molar-refractivity contribution in [3.8, 4) is 0 Å². The van der Waals surface area contributed by atoms with E-state index < -0.39 is 41.2 Å². The summed E-state index contributed by atoms with van der Waals surface area (Å²) >= 11 is 0. The van der Waals surface area contributed by atoms with Gasteiger partial charge in [0, 0.05) is 5.56 Å². The number of aliphatic imine (C=N–C) groups is 1. The zero-order chi connectivity index (χ0) is 19.4. The number of hydrogen-bond acceptors (Lipinski definition) is 6. The van der Waals surface area contributed by atoms with Crippen molar-refractivity contribution in [1.29, 1.82) is 0 Å². The van der Waals surface area contributed by atoms with Crippen LogP contribution < -0.4 is 10.0 Å². The fraction of sp³-hybridized carbons (Fsp3) is 0.357. The number of carbonyl (C=O) groups excluding carboxylic acids is 2. The van der Waals surface area contributed by atoms with Crippen LogP contribution >= 0.6 is 0 Å². The van der Waals surface area contributed by atoms with E-state index in [0.29, 0.717) is 5.56 Å². The van der Waals surface area contributed by atoms with E-state index in [1.165, 1.54) is 6.07 Å². The highest BCUT2D eigenvalue weighted by Crippen LogP contribution is 2.22. The van der Waals surface area contributed by atoms with E-state index in [-0.39, 0.29) is 23.7 Å². The molecule has 1 amide bonds. The van der Waals surface area contributed by atoms with Crippen LogP contribution in [-0.2, 0) is 24.3 Å². The lowest BCUT2D eigenvalue weighted by Gasteiger charge is -2.08. The molecule has 142 valence electrons. The molecule has 1 aromatic carbocycles. The SMILES string of the molecule is O=C(COC(=O)CCN=C1NS(=O)(=O)c2ccccc21)NCC(F)(F)F. The van der Waals surface area contributed by atoms with Crippen LogP contribution in [0.3, 0.4) is 0 Å². The number of carbonyl (C=O) groups is 2. The highest BCUT2D eigenvalue weighted by Gasteiger charge is 2.30. The van der Waals surface area contributed by atoms with Gasteiger partial charge in [-0.1, -0.05) is 12.1 Å². The first-order valence-electron chi connectivity index (χ1n) is 7.24. The molecule has 0 saturated carbocycles. The largest absolute Gasteiger partial charge is 0.456 e. The van der Waals surface area contributed by atoms with E-state index >= 15 is 0 Å². The third kappa shape index (κ3) is 5.44. The van der Waals surface area contributed by atoms with Gasteiger partial charge in [0.15, 0.2) is 6.61 Å². The molecule has 12 heteroatoms. The molecule has 8 nitrogen and oxygen atoms in total. The Kier molecular flexibility index (Phi) is 5.85. The number of nitrogens with zero attached hydrogens (tertiary/aromatic N) is 1. The molecule has 1 aliphatic heterocycles. The topological polar surface area (TPSA) is 114 Å². The first kappa shape index (κ1) is 19.7. The summed E-state index contributed by atoms with van der Waals surface area (Å²) in [5, 5.41) is 1.55. The molecule has 0 atom stereocenters. The van der Waals surface area contributed by atoms with Crippen molar-refractivity contribution < 1.29 is 35.9 Å². The Balaban J connectivity index is 1.80. The van der Waals surface area contributed by atoms with Crippen LogP contribution in [0.1, 0.15) is 12.0 Å². The lowest BCUT2D eigenvalue weighted by atomic mass is 10.2. The van der Waals surface area contributed by atoms with Crippen LogP contribution in [0.2, 0.25) is 0 Å². The summed E-state index contributed by atoms with van der Waals surface area (Å²) in [5.41, 5.74) is 0.368. The van der Waals surface area contributed by atoms with Crippen molar-refractivity contribution in [3.63, 3.8) is 0 Å². The van der Waals surface area contributed by atoms with Gasteiger partial charge in [0.2, 0.25) is 0 Å². The number of amides is 1. The maximum atomic E-state index is 11.9. The zero-order valence-corrected chi connectivity index (χ0v) is 14.0. The molecule has 0 bridgehead atoms. The van der Waals surface area contributed by atoms with Crippen molar-refractivity contribution in [2.75, 3.05) is 19.7 Å². The summed E-state index contributed by atoms with van der Waals surface area (Å²) < 4.78 is 66.2. The standard InChI is InChI=1S/C14H14F3N3O5S/c15-14(16,17)8-19-11(21)7-25-12(22)5-6-18-13-9-3-1-2-4-10(9)26(23,24)20-13/h1-4H,5-8H2,(H,18,20)(H,19,21). The highest BCUT2D eigenvalue weighted by atomic mass is 32.2. The maximum Gasteiger partial charge on any atom is 0.405 e. The minimum Gasteiger partial charge on any atom is -0.456 e. The van der Waals surface area contributed by atoms with Crippen molar-refractivity contribution in [2.45, 2.75) is 17.5 Å². The van der Waals surface area contributed by atoms with Crippen LogP contribution in [0.4, 0.5) is 13.2 Å². The van der Waals surface area contributed by atoms with Gasteiger partial charge in [0.25, 0.3) is 15.9 Å². The maximum absolute atomic E-state index is 11.9. The lowest BCUT2D eigenvalue weighted by Crippen LogP contribution is -2.36. The quantitative estimate of drug-likeness (QED) is 0.677. The number of ether oxygens (including phenoxy) is 1. The Labute approximate surface area is 146 Å². The minimum absolute atomic E-state index is 0.0719. The van der Waals surface area contributed by atoms with Crippen molar-refractivity contribution in [2.24, 2.45) is 4.99 Å². The van der Waals surface area contributed by atoms with Gasteiger partial charge in [-0.25, -0.2) is 8.42 Å². The Morgan fingerprint density at radius 2 is 1.92 bits per heavy atom. The lowest BCUT2D eigenvalue weighted by molar-refractivity contribution is -0.151. The normalized spacial score (nSPS) is 16.7. The summed E-state index contributed by atoms with van der Waals surface area (Å²) in [6.45, 7) is -2.49. The number of alkyl halides is 3. The van der Waals surface area contributed by atoms with Crippen LogP contribution in [-0.4, -0.2) is 52.0 Å². The van der Waals surface area contributed by atoms with E-state index in [1.54, 1.807) is 23.5 Å². The van der Waals surface area contributed by atoms with Crippen LogP contribution in [0.5, 0.6) is 0 Å². The summed E-state index contributed by atoms with van der Waals surface area (Å²) in [7, 11) is -3.69. The molecule has 2 N–H and O–H groups in total. The molecule has 0 saturated heterocycles. The molecule has 1 aromatic rings. The number of fused-ring (bicyclic) bond motifs is 1. The fourth-order valence-corrected chi connectivity index (χ4v) is 3.23. The molecular weight excluding hydrogens is 379 g/mol. The molecule has 0 aliphatic carbocycles. The average molecular weight is 393 g/mol. The first-order valence-corrected chi connectivity index (χ1v) is 8.72. The van der Waals surface area contributed by atoms with Gasteiger partial charge in [-0.2, -0.15) is 13.2 Å². The molecule has 0 fully saturated rings. The van der Waals surface area contributed by atoms with Gasteiger partial charge in [-0.05, 0) is 12.1 Å². The van der Waals surface area contributed by atoms with Gasteiger partial charge in [0.05, 0.1) is 17.9 Å². The van der Waals surface area contributed by atoms with Gasteiger partial charge >= 0.3 is 12.1 Å². The minimum atomic E-state index is -4.55. The summed E-state index contributed by atoms with van der Waals surface area (Å²) in [6, 6.07) is 6.15. The third-order valence-corrected chi connectivity index (χ3v) is 4.50. The number of hydrogen-bond donors (Lipinski definition) is 2. The number of rotatable bonds is 6.